The average molecular weight is 263 g/mol. The molecule has 2 aromatic heterocycles. The molecule has 19 heavy (non-hydrogen) atoms. The molecule has 0 aliphatic rings. The molecule has 6 heteroatoms. The molecule has 0 aliphatic heterocycles. The first-order valence-corrected chi connectivity index (χ1v) is 6.51. The summed E-state index contributed by atoms with van der Waals surface area (Å²) in [6.45, 7) is 8.41. The Morgan fingerprint density at radius 2 is 2.21 bits per heavy atom. The number of rotatable bonds is 5. The topological polar surface area (TPSA) is 75.3 Å². The quantitative estimate of drug-likeness (QED) is 0.857. The van der Waals surface area contributed by atoms with E-state index in [1.165, 1.54) is 6.33 Å². The SMILES string of the molecule is Cc1cc(NCC(C)(O)CC(C)C)n2ncnc2n1. The molecule has 0 bridgehead atoms. The number of aliphatic hydroxyl groups is 1. The largest absolute Gasteiger partial charge is 0.388 e. The molecule has 0 aliphatic carbocycles. The Kier molecular flexibility index (Phi) is 3.71. The summed E-state index contributed by atoms with van der Waals surface area (Å²) < 4.78 is 1.64. The van der Waals surface area contributed by atoms with Gasteiger partial charge in [0.2, 0.25) is 0 Å². The van der Waals surface area contributed by atoms with Crippen molar-refractivity contribution < 1.29 is 5.11 Å². The van der Waals surface area contributed by atoms with Crippen LogP contribution in [0.5, 0.6) is 0 Å². The highest BCUT2D eigenvalue weighted by Crippen LogP contribution is 2.18. The van der Waals surface area contributed by atoms with Gasteiger partial charge in [-0.3, -0.25) is 0 Å². The molecule has 2 N–H and O–H groups in total. The minimum absolute atomic E-state index is 0.447. The normalized spacial score (nSPS) is 14.8. The summed E-state index contributed by atoms with van der Waals surface area (Å²) in [6, 6.07) is 1.90. The molecule has 0 aromatic carbocycles. The summed E-state index contributed by atoms with van der Waals surface area (Å²) in [4.78, 5) is 8.35. The molecular weight excluding hydrogens is 242 g/mol. The summed E-state index contributed by atoms with van der Waals surface area (Å²) in [6.07, 6.45) is 2.21. The monoisotopic (exact) mass is 263 g/mol. The zero-order chi connectivity index (χ0) is 14.0. The summed E-state index contributed by atoms with van der Waals surface area (Å²) in [5.74, 6) is 1.80. The van der Waals surface area contributed by atoms with E-state index in [0.29, 0.717) is 18.2 Å². The molecule has 0 saturated heterocycles. The van der Waals surface area contributed by atoms with Crippen LogP contribution < -0.4 is 5.32 Å². The van der Waals surface area contributed by atoms with Crippen LogP contribution in [0, 0.1) is 12.8 Å². The van der Waals surface area contributed by atoms with Crippen molar-refractivity contribution >= 4 is 11.6 Å². The van der Waals surface area contributed by atoms with Gasteiger partial charge in [0.25, 0.3) is 5.78 Å². The maximum Gasteiger partial charge on any atom is 0.254 e. The second-order valence-electron chi connectivity index (χ2n) is 5.70. The third kappa shape index (κ3) is 3.41. The molecule has 2 aromatic rings. The van der Waals surface area contributed by atoms with Gasteiger partial charge in [-0.05, 0) is 26.2 Å². The van der Waals surface area contributed by atoms with E-state index in [2.05, 4.69) is 34.2 Å². The fraction of sp³-hybridized carbons (Fsp3) is 0.615. The van der Waals surface area contributed by atoms with Gasteiger partial charge in [0.1, 0.15) is 12.1 Å². The molecule has 0 fully saturated rings. The molecule has 2 rings (SSSR count). The van der Waals surface area contributed by atoms with Crippen molar-refractivity contribution in [3.63, 3.8) is 0 Å². The molecule has 6 nitrogen and oxygen atoms in total. The highest BCUT2D eigenvalue weighted by molar-refractivity contribution is 5.44. The van der Waals surface area contributed by atoms with Crippen LogP contribution in [-0.4, -0.2) is 36.8 Å². The number of hydrogen-bond donors (Lipinski definition) is 2. The van der Waals surface area contributed by atoms with E-state index in [0.717, 1.165) is 17.9 Å². The first kappa shape index (κ1) is 13.7. The molecule has 2 heterocycles. The zero-order valence-electron chi connectivity index (χ0n) is 11.9. The van der Waals surface area contributed by atoms with Crippen molar-refractivity contribution in [2.45, 2.75) is 39.7 Å². The Morgan fingerprint density at radius 3 is 2.89 bits per heavy atom. The number of fused-ring (bicyclic) bond motifs is 1. The lowest BCUT2D eigenvalue weighted by Gasteiger charge is -2.26. The number of aromatic nitrogens is 4. The zero-order valence-corrected chi connectivity index (χ0v) is 11.9. The van der Waals surface area contributed by atoms with Crippen LogP contribution in [0.15, 0.2) is 12.4 Å². The van der Waals surface area contributed by atoms with E-state index in [1.54, 1.807) is 4.52 Å². The van der Waals surface area contributed by atoms with Crippen molar-refractivity contribution in [1.29, 1.82) is 0 Å². The number of aryl methyl sites for hydroxylation is 1. The minimum Gasteiger partial charge on any atom is -0.388 e. The highest BCUT2D eigenvalue weighted by atomic mass is 16.3. The Hall–Kier alpha value is -1.69. The van der Waals surface area contributed by atoms with Crippen LogP contribution in [0.1, 0.15) is 32.9 Å². The van der Waals surface area contributed by atoms with E-state index in [-0.39, 0.29) is 0 Å². The molecule has 1 unspecified atom stereocenters. The predicted octanol–water partition coefficient (Wildman–Crippen LogP) is 1.64. The van der Waals surface area contributed by atoms with Crippen LogP contribution in [0.2, 0.25) is 0 Å². The van der Waals surface area contributed by atoms with E-state index in [1.807, 2.05) is 19.9 Å². The third-order valence-corrected chi connectivity index (χ3v) is 2.88. The highest BCUT2D eigenvalue weighted by Gasteiger charge is 2.22. The molecule has 0 spiro atoms. The first-order valence-electron chi connectivity index (χ1n) is 6.51. The van der Waals surface area contributed by atoms with Crippen LogP contribution in [-0.2, 0) is 0 Å². The number of anilines is 1. The number of nitrogens with zero attached hydrogens (tertiary/aromatic N) is 4. The molecule has 104 valence electrons. The average Bonchev–Trinajstić information content (AvgIpc) is 2.71. The van der Waals surface area contributed by atoms with Crippen molar-refractivity contribution in [2.24, 2.45) is 5.92 Å². The lowest BCUT2D eigenvalue weighted by atomic mass is 9.94. The minimum atomic E-state index is -0.752. The predicted molar refractivity (Wildman–Crippen MR) is 74.1 cm³/mol. The van der Waals surface area contributed by atoms with Gasteiger partial charge in [-0.25, -0.2) is 4.98 Å². The van der Waals surface area contributed by atoms with Crippen molar-refractivity contribution in [3.05, 3.63) is 18.1 Å². The Morgan fingerprint density at radius 1 is 1.47 bits per heavy atom. The van der Waals surface area contributed by atoms with Gasteiger partial charge >= 0.3 is 0 Å². The van der Waals surface area contributed by atoms with Gasteiger partial charge in [0, 0.05) is 18.3 Å². The van der Waals surface area contributed by atoms with Crippen LogP contribution >= 0.6 is 0 Å². The summed E-state index contributed by atoms with van der Waals surface area (Å²) in [7, 11) is 0. The van der Waals surface area contributed by atoms with Gasteiger partial charge in [-0.1, -0.05) is 13.8 Å². The van der Waals surface area contributed by atoms with Gasteiger partial charge < -0.3 is 10.4 Å². The molecule has 0 saturated carbocycles. The van der Waals surface area contributed by atoms with E-state index in [9.17, 15) is 5.11 Å². The fourth-order valence-electron chi connectivity index (χ4n) is 2.29. The second kappa shape index (κ2) is 5.13. The lowest BCUT2D eigenvalue weighted by Crippen LogP contribution is -2.35. The van der Waals surface area contributed by atoms with Crippen molar-refractivity contribution in [2.75, 3.05) is 11.9 Å². The maximum atomic E-state index is 10.3. The summed E-state index contributed by atoms with van der Waals surface area (Å²) in [5.41, 5.74) is 0.115. The summed E-state index contributed by atoms with van der Waals surface area (Å²) in [5, 5.41) is 17.7. The lowest BCUT2D eigenvalue weighted by molar-refractivity contribution is 0.0514. The number of hydrogen-bond acceptors (Lipinski definition) is 5. The molecule has 0 radical (unpaired) electrons. The maximum absolute atomic E-state index is 10.3. The molecule has 1 atom stereocenters. The van der Waals surface area contributed by atoms with Gasteiger partial charge in [0.05, 0.1) is 5.60 Å². The van der Waals surface area contributed by atoms with Crippen LogP contribution in [0.3, 0.4) is 0 Å². The van der Waals surface area contributed by atoms with Crippen molar-refractivity contribution in [1.82, 2.24) is 19.6 Å². The molecule has 0 amide bonds. The second-order valence-corrected chi connectivity index (χ2v) is 5.70. The van der Waals surface area contributed by atoms with Crippen LogP contribution in [0.25, 0.3) is 5.78 Å². The van der Waals surface area contributed by atoms with E-state index >= 15 is 0 Å². The van der Waals surface area contributed by atoms with Crippen LogP contribution in [0.4, 0.5) is 5.82 Å². The third-order valence-electron chi connectivity index (χ3n) is 2.88. The van der Waals surface area contributed by atoms with Gasteiger partial charge in [-0.15, -0.1) is 0 Å². The fourth-order valence-corrected chi connectivity index (χ4v) is 2.29. The van der Waals surface area contributed by atoms with Crippen molar-refractivity contribution in [3.8, 4) is 0 Å². The van der Waals surface area contributed by atoms with Gasteiger partial charge in [0.15, 0.2) is 0 Å². The smallest absolute Gasteiger partial charge is 0.254 e. The number of nitrogens with one attached hydrogen (secondary N) is 1. The Balaban J connectivity index is 2.15. The Bertz CT molecular complexity index is 561. The van der Waals surface area contributed by atoms with E-state index < -0.39 is 5.60 Å². The molecular formula is C13H21N5O. The Labute approximate surface area is 112 Å². The summed E-state index contributed by atoms with van der Waals surface area (Å²) >= 11 is 0. The first-order chi connectivity index (χ1) is 8.87. The van der Waals surface area contributed by atoms with E-state index in [4.69, 9.17) is 0 Å². The van der Waals surface area contributed by atoms with Gasteiger partial charge in [-0.2, -0.15) is 14.6 Å². The standard InChI is InChI=1S/C13H21N5O/c1-9(2)6-13(4,19)7-14-11-5-10(3)17-12-15-8-16-18(11)12/h5,8-9,14,19H,6-7H2,1-4H3.